The maximum atomic E-state index is 12.6. The molecule has 2 atom stereocenters. The topological polar surface area (TPSA) is 113 Å². The Morgan fingerprint density at radius 1 is 1.32 bits per heavy atom. The van der Waals surface area contributed by atoms with Gasteiger partial charge in [0.05, 0.1) is 18.2 Å². The van der Waals surface area contributed by atoms with Crippen molar-refractivity contribution in [1.29, 1.82) is 0 Å². The Labute approximate surface area is 163 Å². The van der Waals surface area contributed by atoms with Gasteiger partial charge in [-0.05, 0) is 32.3 Å². The molecule has 0 bridgehead atoms. The Morgan fingerprint density at radius 3 is 2.71 bits per heavy atom. The van der Waals surface area contributed by atoms with Crippen LogP contribution in [-0.2, 0) is 20.8 Å². The van der Waals surface area contributed by atoms with E-state index in [-0.39, 0.29) is 37.0 Å². The highest BCUT2D eigenvalue weighted by molar-refractivity contribution is 5.94. The van der Waals surface area contributed by atoms with Gasteiger partial charge in [0.15, 0.2) is 5.78 Å². The number of aryl methyl sites for hydroxylation is 1. The van der Waals surface area contributed by atoms with Gasteiger partial charge in [-0.25, -0.2) is 0 Å². The van der Waals surface area contributed by atoms with E-state index < -0.39 is 12.1 Å². The normalized spacial score (nSPS) is 21.9. The predicted octanol–water partition coefficient (Wildman–Crippen LogP) is 0.839. The zero-order valence-corrected chi connectivity index (χ0v) is 16.1. The first-order valence-electron chi connectivity index (χ1n) is 9.40. The summed E-state index contributed by atoms with van der Waals surface area (Å²) in [6, 6.07) is 0.969. The summed E-state index contributed by atoms with van der Waals surface area (Å²) in [5.41, 5.74) is 2.49. The Bertz CT molecular complexity index is 839. The minimum absolute atomic E-state index is 0.00110. The zero-order chi connectivity index (χ0) is 20.3. The van der Waals surface area contributed by atoms with Gasteiger partial charge in [0.2, 0.25) is 11.8 Å². The Balaban J connectivity index is 1.58. The van der Waals surface area contributed by atoms with E-state index in [1.807, 2.05) is 6.08 Å². The van der Waals surface area contributed by atoms with Crippen LogP contribution in [0.25, 0.3) is 0 Å². The first kappa shape index (κ1) is 20.0. The molecule has 0 aromatic carbocycles. The van der Waals surface area contributed by atoms with Crippen LogP contribution in [0.15, 0.2) is 33.9 Å². The number of Topliss-reactive ketones (excluding diaryl/α,β-unsaturated/α-hetero) is 1. The summed E-state index contributed by atoms with van der Waals surface area (Å²) < 4.78 is 5.07. The molecule has 150 valence electrons. The quantitative estimate of drug-likeness (QED) is 0.748. The second-order valence-corrected chi connectivity index (χ2v) is 7.35. The van der Waals surface area contributed by atoms with Crippen LogP contribution in [0, 0.1) is 6.92 Å². The maximum Gasteiger partial charge on any atom is 0.243 e. The lowest BCUT2D eigenvalue weighted by atomic mass is 9.96. The first-order chi connectivity index (χ1) is 13.3. The summed E-state index contributed by atoms with van der Waals surface area (Å²) in [7, 11) is 0. The van der Waals surface area contributed by atoms with Crippen LogP contribution in [0.3, 0.4) is 0 Å². The number of likely N-dealkylation sites (tertiary alicyclic amines) is 1. The molecule has 0 saturated carbocycles. The Hall–Kier alpha value is -2.74. The lowest BCUT2D eigenvalue weighted by Gasteiger charge is -2.24. The van der Waals surface area contributed by atoms with E-state index in [9.17, 15) is 19.5 Å². The molecular weight excluding hydrogens is 362 g/mol. The van der Waals surface area contributed by atoms with Crippen molar-refractivity contribution in [2.24, 2.45) is 0 Å². The Kier molecular flexibility index (Phi) is 6.08. The summed E-state index contributed by atoms with van der Waals surface area (Å²) in [6.45, 7) is 3.79. The van der Waals surface area contributed by atoms with Crippen LogP contribution < -0.4 is 5.32 Å². The highest BCUT2D eigenvalue weighted by Crippen LogP contribution is 2.21. The average Bonchev–Trinajstić information content (AvgIpc) is 3.25. The van der Waals surface area contributed by atoms with Gasteiger partial charge in [0, 0.05) is 25.6 Å². The third kappa shape index (κ3) is 4.75. The van der Waals surface area contributed by atoms with E-state index in [2.05, 4.69) is 10.5 Å². The molecule has 2 amide bonds. The maximum absolute atomic E-state index is 12.6. The fourth-order valence-electron chi connectivity index (χ4n) is 3.53. The van der Waals surface area contributed by atoms with Crippen molar-refractivity contribution < 1.29 is 24.0 Å². The van der Waals surface area contributed by atoms with Crippen molar-refractivity contribution >= 4 is 17.6 Å². The van der Waals surface area contributed by atoms with Crippen molar-refractivity contribution in [3.8, 4) is 0 Å². The minimum Gasteiger partial charge on any atom is -0.391 e. The molecule has 8 heteroatoms. The third-order valence-electron chi connectivity index (χ3n) is 5.08. The van der Waals surface area contributed by atoms with Gasteiger partial charge >= 0.3 is 0 Å². The highest BCUT2D eigenvalue weighted by Gasteiger charge is 2.39. The summed E-state index contributed by atoms with van der Waals surface area (Å²) in [5.74, 6) is -0.0708. The van der Waals surface area contributed by atoms with E-state index in [0.29, 0.717) is 30.8 Å². The van der Waals surface area contributed by atoms with Crippen molar-refractivity contribution in [3.05, 3.63) is 40.8 Å². The van der Waals surface area contributed by atoms with Gasteiger partial charge in [0.1, 0.15) is 11.8 Å². The number of carbonyl (C=O) groups excluding carboxylic acids is 3. The summed E-state index contributed by atoms with van der Waals surface area (Å²) in [5, 5.41) is 16.6. The number of amides is 2. The van der Waals surface area contributed by atoms with Crippen molar-refractivity contribution in [1.82, 2.24) is 15.4 Å². The van der Waals surface area contributed by atoms with Crippen molar-refractivity contribution in [2.75, 3.05) is 13.1 Å². The Morgan fingerprint density at radius 2 is 2.11 bits per heavy atom. The second kappa shape index (κ2) is 8.52. The number of nitrogens with one attached hydrogen (secondary N) is 1. The number of rotatable bonds is 6. The molecule has 1 aliphatic carbocycles. The number of aromatic nitrogens is 1. The van der Waals surface area contributed by atoms with Crippen LogP contribution in [0.1, 0.15) is 37.6 Å². The first-order valence-corrected chi connectivity index (χ1v) is 9.40. The van der Waals surface area contributed by atoms with Gasteiger partial charge in [0.25, 0.3) is 0 Å². The third-order valence-corrected chi connectivity index (χ3v) is 5.08. The molecule has 0 radical (unpaired) electrons. The monoisotopic (exact) mass is 387 g/mol. The predicted molar refractivity (Wildman–Crippen MR) is 100 cm³/mol. The van der Waals surface area contributed by atoms with Crippen molar-refractivity contribution in [3.63, 3.8) is 0 Å². The molecule has 1 aromatic heterocycles. The second-order valence-electron chi connectivity index (χ2n) is 7.35. The number of carbonyl (C=O) groups is 3. The molecule has 3 rings (SSSR count). The van der Waals surface area contributed by atoms with Gasteiger partial charge in [-0.15, -0.1) is 0 Å². The van der Waals surface area contributed by atoms with Crippen LogP contribution in [0.2, 0.25) is 0 Å². The number of hydrogen-bond donors (Lipinski definition) is 2. The molecule has 1 aromatic rings. The average molecular weight is 387 g/mol. The molecule has 0 spiro atoms. The fraction of sp³-hybridized carbons (Fsp3) is 0.500. The molecule has 2 N–H and O–H groups in total. The number of ketones is 1. The highest BCUT2D eigenvalue weighted by atomic mass is 16.5. The SMILES string of the molecule is CC(=O)C1=CC=C(CNC(=O)[C@@H]2C[C@@H](O)CN2C(=O)Cc2cc(C)no2)CC1. The number of hydrogen-bond acceptors (Lipinski definition) is 6. The molecule has 0 unspecified atom stereocenters. The molecule has 28 heavy (non-hydrogen) atoms. The van der Waals surface area contributed by atoms with E-state index in [1.165, 1.54) is 4.90 Å². The minimum atomic E-state index is -0.730. The van der Waals surface area contributed by atoms with E-state index >= 15 is 0 Å². The molecule has 2 heterocycles. The van der Waals surface area contributed by atoms with Crippen LogP contribution >= 0.6 is 0 Å². The van der Waals surface area contributed by atoms with E-state index in [0.717, 1.165) is 11.1 Å². The lowest BCUT2D eigenvalue weighted by molar-refractivity contribution is -0.138. The van der Waals surface area contributed by atoms with Gasteiger partial charge in [-0.1, -0.05) is 22.9 Å². The van der Waals surface area contributed by atoms with Gasteiger partial charge < -0.3 is 19.8 Å². The van der Waals surface area contributed by atoms with Crippen LogP contribution in [-0.4, -0.2) is 58.0 Å². The number of aliphatic hydroxyl groups excluding tert-OH is 1. The van der Waals surface area contributed by atoms with Crippen molar-refractivity contribution in [2.45, 2.75) is 51.7 Å². The summed E-state index contributed by atoms with van der Waals surface area (Å²) in [6.07, 6.45) is 4.52. The fourth-order valence-corrected chi connectivity index (χ4v) is 3.53. The summed E-state index contributed by atoms with van der Waals surface area (Å²) in [4.78, 5) is 38.0. The number of β-amino-alcohol motifs (C(OH)–C–C–N with tert-alkyl or cyclic N) is 1. The standard InChI is InChI=1S/C20H25N3O5/c1-12-7-17(28-22-12)9-19(26)23-11-16(25)8-18(23)20(27)21-10-14-3-5-15(6-4-14)13(2)24/h3,5,7,16,18,25H,4,6,8-11H2,1-2H3,(H,21,27)/t16-,18+/m1/s1. The molecule has 1 fully saturated rings. The molecule has 1 saturated heterocycles. The largest absolute Gasteiger partial charge is 0.391 e. The van der Waals surface area contributed by atoms with Gasteiger partial charge in [-0.3, -0.25) is 14.4 Å². The summed E-state index contributed by atoms with van der Waals surface area (Å²) >= 11 is 0. The van der Waals surface area contributed by atoms with E-state index in [1.54, 1.807) is 26.0 Å². The molecule has 2 aliphatic rings. The molecule has 1 aliphatic heterocycles. The zero-order valence-electron chi connectivity index (χ0n) is 16.1. The number of allylic oxidation sites excluding steroid dienone is 3. The molecular formula is C20H25N3O5. The number of aliphatic hydroxyl groups is 1. The number of nitrogens with zero attached hydrogens (tertiary/aromatic N) is 2. The van der Waals surface area contributed by atoms with Gasteiger partial charge in [-0.2, -0.15) is 0 Å². The van der Waals surface area contributed by atoms with Crippen LogP contribution in [0.4, 0.5) is 0 Å². The van der Waals surface area contributed by atoms with Crippen LogP contribution in [0.5, 0.6) is 0 Å². The smallest absolute Gasteiger partial charge is 0.243 e. The molecule has 8 nitrogen and oxygen atoms in total. The van der Waals surface area contributed by atoms with E-state index in [4.69, 9.17) is 4.52 Å². The lowest BCUT2D eigenvalue weighted by Crippen LogP contribution is -2.46.